The summed E-state index contributed by atoms with van der Waals surface area (Å²) < 4.78 is 5.98. The average Bonchev–Trinajstić information content (AvgIpc) is 3.30. The molecule has 1 aliphatic rings. The number of hydrogen-bond acceptors (Lipinski definition) is 4. The Balaban J connectivity index is 1.53. The first-order valence-electron chi connectivity index (χ1n) is 9.02. The van der Waals surface area contributed by atoms with Crippen LogP contribution in [-0.2, 0) is 11.2 Å². The van der Waals surface area contributed by atoms with E-state index < -0.39 is 0 Å². The van der Waals surface area contributed by atoms with E-state index in [2.05, 4.69) is 23.6 Å². The fourth-order valence-corrected chi connectivity index (χ4v) is 5.20. The van der Waals surface area contributed by atoms with Crippen LogP contribution in [0.2, 0.25) is 0 Å². The molecule has 0 radical (unpaired) electrons. The fraction of sp³-hybridized carbons (Fsp3) is 0.227. The van der Waals surface area contributed by atoms with Crippen molar-refractivity contribution in [2.45, 2.75) is 24.0 Å². The van der Waals surface area contributed by atoms with Crippen LogP contribution >= 0.6 is 23.1 Å². The highest BCUT2D eigenvalue weighted by atomic mass is 32.2. The van der Waals surface area contributed by atoms with E-state index in [0.29, 0.717) is 0 Å². The molecule has 27 heavy (non-hydrogen) atoms. The van der Waals surface area contributed by atoms with Crippen molar-refractivity contribution in [3.05, 3.63) is 82.6 Å². The number of para-hydroxylation sites is 1. The summed E-state index contributed by atoms with van der Waals surface area (Å²) in [6.07, 6.45) is 0.896. The van der Waals surface area contributed by atoms with Crippen molar-refractivity contribution in [2.24, 2.45) is 0 Å². The molecule has 4 rings (SSSR count). The molecule has 0 aliphatic carbocycles. The predicted molar refractivity (Wildman–Crippen MR) is 112 cm³/mol. The molecule has 2 heterocycles. The Hall–Kier alpha value is -2.24. The van der Waals surface area contributed by atoms with Gasteiger partial charge < -0.3 is 9.64 Å². The van der Waals surface area contributed by atoms with E-state index in [1.165, 1.54) is 4.88 Å². The smallest absolute Gasteiger partial charge is 0.236 e. The summed E-state index contributed by atoms with van der Waals surface area (Å²) in [5.41, 5.74) is 1.11. The van der Waals surface area contributed by atoms with E-state index in [1.807, 2.05) is 60.4 Å². The highest BCUT2D eigenvalue weighted by Gasteiger charge is 2.38. The lowest BCUT2D eigenvalue weighted by molar-refractivity contribution is -0.129. The van der Waals surface area contributed by atoms with E-state index in [0.717, 1.165) is 30.0 Å². The first-order valence-corrected chi connectivity index (χ1v) is 10.8. The Morgan fingerprint density at radius 1 is 1.00 bits per heavy atom. The molecule has 0 bridgehead atoms. The van der Waals surface area contributed by atoms with Crippen LogP contribution in [0, 0.1) is 0 Å². The molecule has 138 valence electrons. The van der Waals surface area contributed by atoms with E-state index >= 15 is 0 Å². The van der Waals surface area contributed by atoms with Crippen molar-refractivity contribution in [1.82, 2.24) is 4.90 Å². The highest BCUT2D eigenvalue weighted by Crippen LogP contribution is 2.43. The molecule has 0 saturated carbocycles. The Morgan fingerprint density at radius 2 is 1.81 bits per heavy atom. The van der Waals surface area contributed by atoms with Gasteiger partial charge in [-0.25, -0.2) is 0 Å². The van der Waals surface area contributed by atoms with Crippen molar-refractivity contribution in [3.8, 4) is 11.5 Å². The van der Waals surface area contributed by atoms with Crippen LogP contribution in [0.5, 0.6) is 11.5 Å². The Bertz CT molecular complexity index is 896. The minimum atomic E-state index is -0.0166. The average molecular weight is 396 g/mol. The number of hydrogen-bond donors (Lipinski definition) is 0. The van der Waals surface area contributed by atoms with Gasteiger partial charge in [-0.05, 0) is 54.6 Å². The number of rotatable bonds is 6. The normalized spacial score (nSPS) is 19.4. The van der Waals surface area contributed by atoms with E-state index in [-0.39, 0.29) is 16.5 Å². The number of ether oxygens (including phenoxy) is 1. The third kappa shape index (κ3) is 4.20. The van der Waals surface area contributed by atoms with Crippen LogP contribution in [0.3, 0.4) is 0 Å². The maximum atomic E-state index is 12.7. The summed E-state index contributed by atoms with van der Waals surface area (Å²) in [6, 6.07) is 22.0. The number of amides is 1. The number of thioether (sulfide) groups is 1. The first-order chi connectivity index (χ1) is 13.2. The predicted octanol–water partition coefficient (Wildman–Crippen LogP) is 5.75. The Morgan fingerprint density at radius 3 is 2.59 bits per heavy atom. The number of nitrogens with zero attached hydrogens (tertiary/aromatic N) is 1. The standard InChI is InChI=1S/C22H21NO2S2/c1-16-21(24)23(13-12-20-11-6-14-26-20)22(27-16)17-7-5-10-19(15-17)25-18-8-3-2-4-9-18/h2-11,14-16,22H,12-13H2,1H3. The number of carbonyl (C=O) groups excluding carboxylic acids is 1. The molecule has 5 heteroatoms. The summed E-state index contributed by atoms with van der Waals surface area (Å²) in [4.78, 5) is 16.0. The minimum Gasteiger partial charge on any atom is -0.457 e. The second-order valence-electron chi connectivity index (χ2n) is 6.48. The molecule has 2 atom stereocenters. The van der Waals surface area contributed by atoms with E-state index in [1.54, 1.807) is 23.1 Å². The zero-order valence-electron chi connectivity index (χ0n) is 15.1. The second kappa shape index (κ2) is 8.19. The maximum absolute atomic E-state index is 12.7. The number of benzene rings is 2. The van der Waals surface area contributed by atoms with Crippen LogP contribution in [0.4, 0.5) is 0 Å². The van der Waals surface area contributed by atoms with Crippen molar-refractivity contribution >= 4 is 29.0 Å². The summed E-state index contributed by atoms with van der Waals surface area (Å²) in [7, 11) is 0. The summed E-state index contributed by atoms with van der Waals surface area (Å²) >= 11 is 3.46. The van der Waals surface area contributed by atoms with Gasteiger partial charge in [0.25, 0.3) is 0 Å². The zero-order valence-corrected chi connectivity index (χ0v) is 16.7. The summed E-state index contributed by atoms with van der Waals surface area (Å²) in [6.45, 7) is 2.74. The first kappa shape index (κ1) is 18.1. The quantitative estimate of drug-likeness (QED) is 0.532. The molecule has 1 saturated heterocycles. The van der Waals surface area contributed by atoms with Gasteiger partial charge in [-0.15, -0.1) is 23.1 Å². The topological polar surface area (TPSA) is 29.5 Å². The molecule has 1 fully saturated rings. The molecular weight excluding hydrogens is 374 g/mol. The molecule has 1 aromatic heterocycles. The van der Waals surface area contributed by atoms with Gasteiger partial charge in [0, 0.05) is 11.4 Å². The molecule has 0 N–H and O–H groups in total. The van der Waals surface area contributed by atoms with E-state index in [4.69, 9.17) is 4.74 Å². The van der Waals surface area contributed by atoms with Gasteiger partial charge in [-0.3, -0.25) is 4.79 Å². The molecule has 3 aromatic rings. The molecular formula is C22H21NO2S2. The van der Waals surface area contributed by atoms with Gasteiger partial charge in [0.05, 0.1) is 5.25 Å². The summed E-state index contributed by atoms with van der Waals surface area (Å²) in [5.74, 6) is 1.83. The van der Waals surface area contributed by atoms with Gasteiger partial charge >= 0.3 is 0 Å². The van der Waals surface area contributed by atoms with Crippen LogP contribution in [0.25, 0.3) is 0 Å². The van der Waals surface area contributed by atoms with Gasteiger partial charge in [-0.2, -0.15) is 0 Å². The van der Waals surface area contributed by atoms with Gasteiger partial charge in [0.1, 0.15) is 16.9 Å². The van der Waals surface area contributed by atoms with Crippen LogP contribution in [0.15, 0.2) is 72.1 Å². The Labute approximate surface area is 168 Å². The third-order valence-corrected chi connectivity index (χ3v) is 6.88. The zero-order chi connectivity index (χ0) is 18.6. The van der Waals surface area contributed by atoms with Crippen LogP contribution < -0.4 is 4.74 Å². The van der Waals surface area contributed by atoms with Gasteiger partial charge in [-0.1, -0.05) is 36.4 Å². The van der Waals surface area contributed by atoms with Gasteiger partial charge in [0.15, 0.2) is 0 Å². The third-order valence-electron chi connectivity index (χ3n) is 4.55. The fourth-order valence-electron chi connectivity index (χ4n) is 3.20. The van der Waals surface area contributed by atoms with Gasteiger partial charge in [0.2, 0.25) is 5.91 Å². The lowest BCUT2D eigenvalue weighted by Crippen LogP contribution is -2.32. The van der Waals surface area contributed by atoms with Crippen molar-refractivity contribution in [3.63, 3.8) is 0 Å². The number of carbonyl (C=O) groups is 1. The minimum absolute atomic E-state index is 0.0166. The SMILES string of the molecule is CC1SC(c2cccc(Oc3ccccc3)c2)N(CCc2cccs2)C1=O. The molecule has 1 aliphatic heterocycles. The summed E-state index contributed by atoms with van der Waals surface area (Å²) in [5, 5.41) is 2.10. The van der Waals surface area contributed by atoms with Crippen molar-refractivity contribution in [1.29, 1.82) is 0 Å². The molecule has 2 unspecified atom stereocenters. The van der Waals surface area contributed by atoms with Crippen LogP contribution in [0.1, 0.15) is 22.7 Å². The molecule has 1 amide bonds. The maximum Gasteiger partial charge on any atom is 0.236 e. The van der Waals surface area contributed by atoms with Crippen molar-refractivity contribution < 1.29 is 9.53 Å². The lowest BCUT2D eigenvalue weighted by Gasteiger charge is -2.24. The largest absolute Gasteiger partial charge is 0.457 e. The molecule has 3 nitrogen and oxygen atoms in total. The molecule has 2 aromatic carbocycles. The highest BCUT2D eigenvalue weighted by molar-refractivity contribution is 8.01. The molecule has 0 spiro atoms. The monoisotopic (exact) mass is 395 g/mol. The number of thiophene rings is 1. The second-order valence-corrected chi connectivity index (χ2v) is 8.94. The van der Waals surface area contributed by atoms with E-state index in [9.17, 15) is 4.79 Å². The Kier molecular flexibility index (Phi) is 5.50. The van der Waals surface area contributed by atoms with Crippen LogP contribution in [-0.4, -0.2) is 22.6 Å². The lowest BCUT2D eigenvalue weighted by atomic mass is 10.1. The van der Waals surface area contributed by atoms with Crippen molar-refractivity contribution in [2.75, 3.05) is 6.54 Å².